The van der Waals surface area contributed by atoms with Crippen LogP contribution in [0, 0.1) is 40.2 Å². The van der Waals surface area contributed by atoms with Crippen LogP contribution in [0.3, 0.4) is 0 Å². The third-order valence-electron chi connectivity index (χ3n) is 8.82. The van der Waals surface area contributed by atoms with Crippen LogP contribution in [0.4, 0.5) is 34.1 Å². The van der Waals surface area contributed by atoms with Crippen LogP contribution in [0.15, 0.2) is 116 Å². The second-order valence-corrected chi connectivity index (χ2v) is 12.1. The molecule has 7 aromatic rings. The van der Waals surface area contributed by atoms with Crippen molar-refractivity contribution in [3.63, 3.8) is 0 Å². The molecule has 2 aromatic heterocycles. The quantitative estimate of drug-likeness (QED) is 0.165. The minimum absolute atomic E-state index is 0. The fourth-order valence-electron chi connectivity index (χ4n) is 6.82. The average molecular weight is 826 g/mol. The van der Waals surface area contributed by atoms with Gasteiger partial charge in [0.05, 0.1) is 0 Å². The summed E-state index contributed by atoms with van der Waals surface area (Å²) < 4.78 is 48.7. The Morgan fingerprint density at radius 1 is 0.653 bits per heavy atom. The van der Waals surface area contributed by atoms with Crippen molar-refractivity contribution in [2.45, 2.75) is 20.8 Å². The van der Waals surface area contributed by atoms with Crippen molar-refractivity contribution in [3.8, 4) is 11.1 Å². The first-order valence-corrected chi connectivity index (χ1v) is 15.7. The molecule has 2 aliphatic heterocycles. The summed E-state index contributed by atoms with van der Waals surface area (Å²) >= 11 is 0. The average Bonchev–Trinajstić information content (AvgIpc) is 3.83. The topological polar surface area (TPSA) is 40.0 Å². The number of aromatic nitrogens is 2. The van der Waals surface area contributed by atoms with Gasteiger partial charge in [0.15, 0.2) is 0 Å². The molecule has 2 aliphatic rings. The number of hydrogen-bond acceptors (Lipinski definition) is 5. The van der Waals surface area contributed by atoms with Crippen molar-refractivity contribution in [1.29, 1.82) is 0 Å². The van der Waals surface area contributed by atoms with Gasteiger partial charge in [-0.25, -0.2) is 0 Å². The zero-order valence-corrected chi connectivity index (χ0v) is 29.4. The summed E-state index contributed by atoms with van der Waals surface area (Å²) in [6.07, 6.45) is 3.60. The van der Waals surface area contributed by atoms with E-state index in [9.17, 15) is 0 Å². The van der Waals surface area contributed by atoms with E-state index in [1.54, 1.807) is 37.9 Å². The molecule has 0 spiro atoms. The zero-order valence-electron chi connectivity index (χ0n) is 33.1. The zero-order chi connectivity index (χ0) is 37.9. The van der Waals surface area contributed by atoms with Gasteiger partial charge in [-0.1, -0.05) is 66.2 Å². The Hall–Kier alpha value is -5.06. The SMILES string of the molecule is [2H]C([2H])([2H])N1[CH-]N(c2[c-]c(N3[CH-]N(C([2H])([2H])[2H])c4ccccc43)cc(-c3c(C)cc(C)cc3C)c2)c2ccccc21.[Pt+4].c1ccc2c(c1)[n-]c1cnccc12. The normalized spacial score (nSPS) is 15.7. The molecule has 0 amide bonds. The van der Waals surface area contributed by atoms with Gasteiger partial charge in [0, 0.05) is 43.4 Å². The molecule has 0 atom stereocenters. The third-order valence-corrected chi connectivity index (χ3v) is 8.82. The number of hydrogen-bond donors (Lipinski definition) is 0. The molecule has 0 aliphatic carbocycles. The molecule has 0 saturated carbocycles. The van der Waals surface area contributed by atoms with Gasteiger partial charge in [0.25, 0.3) is 0 Å². The van der Waals surface area contributed by atoms with E-state index >= 15 is 0 Å². The number of anilines is 6. The molecule has 0 N–H and O–H groups in total. The number of rotatable bonds is 3. The summed E-state index contributed by atoms with van der Waals surface area (Å²) in [4.78, 5) is 14.7. The molecule has 0 fully saturated rings. The maximum atomic E-state index is 8.12. The van der Waals surface area contributed by atoms with Gasteiger partial charge in [0.1, 0.15) is 0 Å². The van der Waals surface area contributed by atoms with Gasteiger partial charge in [0.2, 0.25) is 0 Å². The molecule has 0 bridgehead atoms. The van der Waals surface area contributed by atoms with Crippen LogP contribution in [0.1, 0.15) is 24.9 Å². The molecule has 5 aromatic carbocycles. The third kappa shape index (κ3) is 5.85. The van der Waals surface area contributed by atoms with E-state index < -0.39 is 14.0 Å². The Morgan fingerprint density at radius 2 is 1.18 bits per heavy atom. The largest absolute Gasteiger partial charge is 4.00 e. The summed E-state index contributed by atoms with van der Waals surface area (Å²) in [5.41, 5.74) is 11.2. The smallest absolute Gasteiger partial charge is 0.656 e. The number of fused-ring (bicyclic) bond motifs is 5. The summed E-state index contributed by atoms with van der Waals surface area (Å²) in [5, 5.41) is 2.39. The number of pyridine rings is 1. The molecule has 4 heterocycles. The van der Waals surface area contributed by atoms with Crippen LogP contribution in [-0.2, 0) is 21.1 Å². The van der Waals surface area contributed by atoms with Gasteiger partial charge in [-0.2, -0.15) is 13.3 Å². The second kappa shape index (κ2) is 13.1. The Morgan fingerprint density at radius 3 is 1.78 bits per heavy atom. The second-order valence-electron chi connectivity index (χ2n) is 12.1. The van der Waals surface area contributed by atoms with E-state index in [1.165, 1.54) is 20.6 Å². The minimum atomic E-state index is -2.38. The molecular formula is C42H36N6Pt. The first kappa shape index (κ1) is 25.9. The van der Waals surface area contributed by atoms with E-state index in [-0.39, 0.29) is 21.1 Å². The number of aryl methyl sites for hydroxylation is 3. The van der Waals surface area contributed by atoms with Crippen molar-refractivity contribution in [1.82, 2.24) is 9.97 Å². The van der Waals surface area contributed by atoms with Crippen molar-refractivity contribution in [2.75, 3.05) is 33.6 Å². The Bertz CT molecular complexity index is 2370. The summed E-state index contributed by atoms with van der Waals surface area (Å²) in [7, 11) is 0. The fraction of sp³-hybridized carbons (Fsp3) is 0.119. The Kier molecular flexibility index (Phi) is 6.92. The van der Waals surface area contributed by atoms with E-state index in [1.807, 2.05) is 82.6 Å². The molecule has 0 radical (unpaired) electrons. The summed E-state index contributed by atoms with van der Waals surface area (Å²) in [6.45, 7) is 4.64. The molecule has 6 nitrogen and oxygen atoms in total. The number of benzene rings is 5. The molecule has 244 valence electrons. The fourth-order valence-corrected chi connectivity index (χ4v) is 6.82. The maximum Gasteiger partial charge on any atom is 4.00 e. The maximum absolute atomic E-state index is 8.12. The molecule has 49 heavy (non-hydrogen) atoms. The predicted octanol–water partition coefficient (Wildman–Crippen LogP) is 9.84. The summed E-state index contributed by atoms with van der Waals surface area (Å²) in [6, 6.07) is 36.7. The van der Waals surface area contributed by atoms with E-state index in [2.05, 4.69) is 55.0 Å². The standard InChI is InChI=1S/C31H29N4.C11H7N2.Pt/c1-21-14-22(2)31(23(3)15-21)24-16-25(34-19-32(4)27-10-6-8-12-29(27)34)18-26(17-24)35-20-33(5)28-11-7-9-13-30(28)35;1-2-4-10-8(3-1)9-5-6-12-7-11(9)13-10;/h6-17,19-20H,1-5H3;1-7H;/q-3;-1;+4/i4D3,5D3;;. The monoisotopic (exact) mass is 825 g/mol. The molecule has 9 rings (SSSR count). The van der Waals surface area contributed by atoms with Gasteiger partial charge in [-0.05, 0) is 92.5 Å². The number of nitrogens with zero attached hydrogens (tertiary/aromatic N) is 6. The molecular weight excluding hydrogens is 784 g/mol. The van der Waals surface area contributed by atoms with Gasteiger partial charge < -0.3 is 24.6 Å². The van der Waals surface area contributed by atoms with Crippen molar-refractivity contribution < 1.29 is 29.3 Å². The first-order chi connectivity index (χ1) is 25.8. The minimum Gasteiger partial charge on any atom is -0.656 e. The molecule has 7 heteroatoms. The molecule has 0 saturated heterocycles. The van der Waals surface area contributed by atoms with Crippen molar-refractivity contribution in [2.24, 2.45) is 0 Å². The van der Waals surface area contributed by atoms with Crippen LogP contribution in [0.25, 0.3) is 32.9 Å². The van der Waals surface area contributed by atoms with Crippen LogP contribution in [-0.4, -0.2) is 18.9 Å². The summed E-state index contributed by atoms with van der Waals surface area (Å²) in [5.74, 6) is 0. The van der Waals surface area contributed by atoms with Crippen LogP contribution in [0.2, 0.25) is 0 Å². The van der Waals surface area contributed by atoms with Gasteiger partial charge in [-0.15, -0.1) is 46.2 Å². The Balaban J connectivity index is 0.000000278. The van der Waals surface area contributed by atoms with Crippen LogP contribution in [0.5, 0.6) is 0 Å². The number of para-hydroxylation sites is 5. The van der Waals surface area contributed by atoms with E-state index in [4.69, 9.17) is 8.22 Å². The van der Waals surface area contributed by atoms with E-state index in [0.717, 1.165) is 50.2 Å². The van der Waals surface area contributed by atoms with Crippen molar-refractivity contribution >= 4 is 55.9 Å². The van der Waals surface area contributed by atoms with Crippen LogP contribution >= 0.6 is 0 Å². The van der Waals surface area contributed by atoms with Crippen molar-refractivity contribution in [3.05, 3.63) is 152 Å². The Labute approximate surface area is 311 Å². The molecule has 0 unspecified atom stereocenters. The van der Waals surface area contributed by atoms with E-state index in [0.29, 0.717) is 22.7 Å². The predicted molar refractivity (Wildman–Crippen MR) is 200 cm³/mol. The van der Waals surface area contributed by atoms with Crippen LogP contribution < -0.4 is 24.6 Å². The van der Waals surface area contributed by atoms with Gasteiger partial charge in [-0.3, -0.25) is 4.98 Å². The van der Waals surface area contributed by atoms with Gasteiger partial charge >= 0.3 is 21.1 Å². The first-order valence-electron chi connectivity index (χ1n) is 18.7.